The first-order valence-corrected chi connectivity index (χ1v) is 11.4. The lowest BCUT2D eigenvalue weighted by Crippen LogP contribution is -2.38. The highest BCUT2D eigenvalue weighted by molar-refractivity contribution is 8.16. The van der Waals surface area contributed by atoms with Crippen LogP contribution < -0.4 is 9.64 Å². The number of sulfone groups is 1. The van der Waals surface area contributed by atoms with E-state index in [2.05, 4.69) is 4.99 Å². The Bertz CT molecular complexity index is 854. The molecular weight excluding hydrogens is 396 g/mol. The molecule has 0 bridgehead atoms. The van der Waals surface area contributed by atoms with Gasteiger partial charge in [0.25, 0.3) is 0 Å². The minimum atomic E-state index is -3.12. The van der Waals surface area contributed by atoms with Gasteiger partial charge in [0.2, 0.25) is 5.91 Å². The van der Waals surface area contributed by atoms with E-state index in [-0.39, 0.29) is 34.6 Å². The number of carbonyl (C=O) groups is 1. The third kappa shape index (κ3) is 4.02. The summed E-state index contributed by atoms with van der Waals surface area (Å²) in [5, 5.41) is 0.860. The van der Waals surface area contributed by atoms with Crippen molar-refractivity contribution >= 4 is 50.0 Å². The summed E-state index contributed by atoms with van der Waals surface area (Å²) >= 11 is 7.50. The molecule has 2 saturated heterocycles. The van der Waals surface area contributed by atoms with Gasteiger partial charge < -0.3 is 9.64 Å². The van der Waals surface area contributed by atoms with E-state index >= 15 is 0 Å². The van der Waals surface area contributed by atoms with Gasteiger partial charge in [-0.25, -0.2) is 8.42 Å². The maximum absolute atomic E-state index is 12.3. The molecule has 1 aromatic rings. The molecule has 2 aliphatic rings. The number of carbonyl (C=O) groups excluding carboxylic acids is 1. The monoisotopic (exact) mass is 416 g/mol. The van der Waals surface area contributed by atoms with Gasteiger partial charge in [-0.05, 0) is 24.1 Å². The fraction of sp³-hybridized carbons (Fsp3) is 0.529. The van der Waals surface area contributed by atoms with Crippen molar-refractivity contribution in [2.24, 2.45) is 10.9 Å². The van der Waals surface area contributed by atoms with Crippen molar-refractivity contribution in [3.05, 3.63) is 23.2 Å². The Kier molecular flexibility index (Phi) is 5.55. The Labute approximate surface area is 162 Å². The van der Waals surface area contributed by atoms with Gasteiger partial charge >= 0.3 is 0 Å². The summed E-state index contributed by atoms with van der Waals surface area (Å²) < 4.78 is 29.7. The molecule has 2 fully saturated rings. The molecule has 142 valence electrons. The summed E-state index contributed by atoms with van der Waals surface area (Å²) in [6.07, 6.45) is 0.345. The second kappa shape index (κ2) is 7.40. The van der Waals surface area contributed by atoms with Gasteiger partial charge in [0.15, 0.2) is 15.0 Å². The quantitative estimate of drug-likeness (QED) is 0.750. The first-order chi connectivity index (χ1) is 12.2. The molecule has 0 N–H and O–H groups in total. The number of ether oxygens (including phenoxy) is 1. The lowest BCUT2D eigenvalue weighted by molar-refractivity contribution is -0.118. The van der Waals surface area contributed by atoms with Crippen LogP contribution in [-0.4, -0.2) is 49.4 Å². The van der Waals surface area contributed by atoms with E-state index in [1.54, 1.807) is 25.3 Å². The lowest BCUT2D eigenvalue weighted by Gasteiger charge is -2.26. The van der Waals surface area contributed by atoms with Crippen LogP contribution in [0.3, 0.4) is 0 Å². The number of amidine groups is 1. The number of hydrogen-bond donors (Lipinski definition) is 0. The molecule has 2 aliphatic heterocycles. The number of amides is 1. The van der Waals surface area contributed by atoms with Crippen molar-refractivity contribution in [2.45, 2.75) is 31.6 Å². The van der Waals surface area contributed by atoms with Crippen LogP contribution in [0, 0.1) is 5.92 Å². The number of rotatable bonds is 4. The van der Waals surface area contributed by atoms with Crippen molar-refractivity contribution < 1.29 is 17.9 Å². The molecule has 2 atom stereocenters. The van der Waals surface area contributed by atoms with Crippen LogP contribution in [0.2, 0.25) is 5.02 Å². The molecule has 0 saturated carbocycles. The van der Waals surface area contributed by atoms with Crippen LogP contribution in [0.5, 0.6) is 5.75 Å². The molecule has 2 heterocycles. The van der Waals surface area contributed by atoms with Crippen molar-refractivity contribution in [1.82, 2.24) is 0 Å². The number of methoxy groups -OCH3 is 1. The highest BCUT2D eigenvalue weighted by atomic mass is 35.5. The van der Waals surface area contributed by atoms with Crippen LogP contribution in [0.25, 0.3) is 0 Å². The largest absolute Gasteiger partial charge is 0.495 e. The molecule has 26 heavy (non-hydrogen) atoms. The number of nitrogens with zero attached hydrogens (tertiary/aromatic N) is 2. The van der Waals surface area contributed by atoms with E-state index in [4.69, 9.17) is 16.3 Å². The molecule has 1 aromatic carbocycles. The number of thioether (sulfide) groups is 1. The van der Waals surface area contributed by atoms with Gasteiger partial charge in [0, 0.05) is 16.7 Å². The summed E-state index contributed by atoms with van der Waals surface area (Å²) in [7, 11) is -1.58. The van der Waals surface area contributed by atoms with Crippen molar-refractivity contribution in [2.75, 3.05) is 23.5 Å². The first-order valence-electron chi connectivity index (χ1n) is 8.31. The SMILES string of the molecule is COc1ccc(Cl)cc1N1C(=NC(=O)CC(C)C)S[C@H]2CS(=O)(=O)C[C@H]21. The van der Waals surface area contributed by atoms with E-state index < -0.39 is 9.84 Å². The van der Waals surface area contributed by atoms with E-state index in [0.717, 1.165) is 0 Å². The third-order valence-corrected chi connectivity index (χ3v) is 7.72. The normalized spacial score (nSPS) is 25.7. The Balaban J connectivity index is 2.05. The molecule has 6 nitrogen and oxygen atoms in total. The Morgan fingerprint density at radius 3 is 2.81 bits per heavy atom. The molecular formula is C17H21ClN2O4S2. The van der Waals surface area contributed by atoms with Crippen LogP contribution in [0.15, 0.2) is 23.2 Å². The van der Waals surface area contributed by atoms with Crippen LogP contribution in [0.1, 0.15) is 20.3 Å². The zero-order valence-electron chi connectivity index (χ0n) is 14.8. The minimum absolute atomic E-state index is 0.0255. The molecule has 0 spiro atoms. The number of aliphatic imine (C=N–C) groups is 1. The second-order valence-corrected chi connectivity index (χ2v) is 10.7. The fourth-order valence-corrected chi connectivity index (χ4v) is 7.29. The average Bonchev–Trinajstić information content (AvgIpc) is 2.97. The summed E-state index contributed by atoms with van der Waals surface area (Å²) in [6.45, 7) is 3.91. The van der Waals surface area contributed by atoms with Crippen LogP contribution in [0.4, 0.5) is 5.69 Å². The van der Waals surface area contributed by atoms with Crippen molar-refractivity contribution in [3.8, 4) is 5.75 Å². The lowest BCUT2D eigenvalue weighted by atomic mass is 10.1. The maximum atomic E-state index is 12.3. The van der Waals surface area contributed by atoms with Gasteiger partial charge in [-0.3, -0.25) is 4.79 Å². The van der Waals surface area contributed by atoms with E-state index in [9.17, 15) is 13.2 Å². The Morgan fingerprint density at radius 2 is 2.15 bits per heavy atom. The van der Waals surface area contributed by atoms with Gasteiger partial charge in [-0.1, -0.05) is 37.2 Å². The molecule has 0 aromatic heterocycles. The Hall–Kier alpha value is -1.25. The Morgan fingerprint density at radius 1 is 1.42 bits per heavy atom. The van der Waals surface area contributed by atoms with E-state index in [1.165, 1.54) is 11.8 Å². The van der Waals surface area contributed by atoms with Crippen LogP contribution in [-0.2, 0) is 14.6 Å². The zero-order valence-corrected chi connectivity index (χ0v) is 17.2. The highest BCUT2D eigenvalue weighted by Gasteiger charge is 2.50. The number of hydrogen-bond acceptors (Lipinski definition) is 5. The summed E-state index contributed by atoms with van der Waals surface area (Å²) in [6, 6.07) is 4.86. The summed E-state index contributed by atoms with van der Waals surface area (Å²) in [5.41, 5.74) is 0.633. The first kappa shape index (κ1) is 19.5. The van der Waals surface area contributed by atoms with E-state index in [0.29, 0.717) is 28.0 Å². The van der Waals surface area contributed by atoms with Crippen LogP contribution >= 0.6 is 23.4 Å². The molecule has 0 aliphatic carbocycles. The van der Waals surface area contributed by atoms with Gasteiger partial charge in [-0.15, -0.1) is 0 Å². The van der Waals surface area contributed by atoms with Gasteiger partial charge in [0.05, 0.1) is 30.3 Å². The zero-order chi connectivity index (χ0) is 19.1. The highest BCUT2D eigenvalue weighted by Crippen LogP contribution is 2.44. The third-order valence-electron chi connectivity index (χ3n) is 4.27. The fourth-order valence-electron chi connectivity index (χ4n) is 3.20. The second-order valence-electron chi connectivity index (χ2n) is 6.87. The predicted molar refractivity (Wildman–Crippen MR) is 106 cm³/mol. The summed E-state index contributed by atoms with van der Waals surface area (Å²) in [5.74, 6) is 0.657. The molecule has 9 heteroatoms. The topological polar surface area (TPSA) is 76.0 Å². The molecule has 0 unspecified atom stereocenters. The minimum Gasteiger partial charge on any atom is -0.495 e. The van der Waals surface area contributed by atoms with Gasteiger partial charge in [-0.2, -0.15) is 4.99 Å². The maximum Gasteiger partial charge on any atom is 0.248 e. The number of anilines is 1. The summed E-state index contributed by atoms with van der Waals surface area (Å²) in [4.78, 5) is 18.3. The van der Waals surface area contributed by atoms with Gasteiger partial charge in [0.1, 0.15) is 5.75 Å². The standard InChI is InChI=1S/C17H21ClN2O4S2/c1-10(2)6-16(21)19-17-20(12-7-11(18)4-5-14(12)24-3)13-8-26(22,23)9-15(13)25-17/h4-5,7,10,13,15H,6,8-9H2,1-3H3/t13-,15+/m1/s1. The average molecular weight is 417 g/mol. The molecule has 0 radical (unpaired) electrons. The number of fused-ring (bicyclic) bond motifs is 1. The molecule has 1 amide bonds. The van der Waals surface area contributed by atoms with Crippen molar-refractivity contribution in [3.63, 3.8) is 0 Å². The smallest absolute Gasteiger partial charge is 0.248 e. The predicted octanol–water partition coefficient (Wildman–Crippen LogP) is 3.00. The number of benzene rings is 1. The number of halogens is 1. The molecule has 3 rings (SSSR count). The van der Waals surface area contributed by atoms with Crippen molar-refractivity contribution in [1.29, 1.82) is 0 Å². The van der Waals surface area contributed by atoms with E-state index in [1.807, 2.05) is 18.7 Å².